The van der Waals surface area contributed by atoms with E-state index >= 15 is 0 Å². The van der Waals surface area contributed by atoms with Gasteiger partial charge in [-0.05, 0) is 37.3 Å². The standard InChI is InChI=1S/C18H14Cl2N2O3S/c1-11(18(24)22-15-5-3-2-4-12(15)9-21)25-17(23)10-26-16-8-13(19)6-7-14(16)20/h2-8,11H,10H2,1H3,(H,22,24)/t11-/m1/s1. The fourth-order valence-corrected chi connectivity index (χ4v) is 3.21. The summed E-state index contributed by atoms with van der Waals surface area (Å²) in [4.78, 5) is 24.7. The minimum absolute atomic E-state index is 0.0214. The summed E-state index contributed by atoms with van der Waals surface area (Å²) >= 11 is 13.1. The van der Waals surface area contributed by atoms with Gasteiger partial charge in [0, 0.05) is 9.92 Å². The van der Waals surface area contributed by atoms with E-state index in [1.165, 1.54) is 18.7 Å². The summed E-state index contributed by atoms with van der Waals surface area (Å²) in [5.41, 5.74) is 0.688. The fourth-order valence-electron chi connectivity index (χ4n) is 1.93. The van der Waals surface area contributed by atoms with Gasteiger partial charge in [-0.3, -0.25) is 9.59 Å². The molecule has 0 spiro atoms. The number of rotatable bonds is 6. The molecular weight excluding hydrogens is 395 g/mol. The number of hydrogen-bond acceptors (Lipinski definition) is 5. The predicted molar refractivity (Wildman–Crippen MR) is 103 cm³/mol. The van der Waals surface area contributed by atoms with Crippen LogP contribution in [0.25, 0.3) is 0 Å². The Morgan fingerprint density at radius 3 is 2.73 bits per heavy atom. The Kier molecular flexibility index (Phi) is 7.34. The van der Waals surface area contributed by atoms with Crippen molar-refractivity contribution in [1.82, 2.24) is 0 Å². The van der Waals surface area contributed by atoms with Crippen LogP contribution < -0.4 is 5.32 Å². The highest BCUT2D eigenvalue weighted by Crippen LogP contribution is 2.29. The quantitative estimate of drug-likeness (QED) is 0.560. The topological polar surface area (TPSA) is 79.2 Å². The van der Waals surface area contributed by atoms with Gasteiger partial charge in [0.15, 0.2) is 6.10 Å². The van der Waals surface area contributed by atoms with Gasteiger partial charge < -0.3 is 10.1 Å². The maximum Gasteiger partial charge on any atom is 0.317 e. The van der Waals surface area contributed by atoms with E-state index in [9.17, 15) is 9.59 Å². The molecule has 8 heteroatoms. The number of para-hydroxylation sites is 1. The van der Waals surface area contributed by atoms with Gasteiger partial charge >= 0.3 is 5.97 Å². The molecule has 0 aromatic heterocycles. The van der Waals surface area contributed by atoms with Gasteiger partial charge in [-0.25, -0.2) is 0 Å². The molecule has 0 saturated carbocycles. The lowest BCUT2D eigenvalue weighted by Gasteiger charge is -2.14. The van der Waals surface area contributed by atoms with Crippen molar-refractivity contribution < 1.29 is 14.3 Å². The average molecular weight is 409 g/mol. The van der Waals surface area contributed by atoms with E-state index in [0.29, 0.717) is 26.2 Å². The molecule has 1 N–H and O–H groups in total. The van der Waals surface area contributed by atoms with E-state index in [2.05, 4.69) is 5.32 Å². The monoisotopic (exact) mass is 408 g/mol. The van der Waals surface area contributed by atoms with Crippen molar-refractivity contribution in [3.8, 4) is 6.07 Å². The van der Waals surface area contributed by atoms with E-state index in [0.717, 1.165) is 0 Å². The van der Waals surface area contributed by atoms with E-state index < -0.39 is 18.0 Å². The Bertz CT molecular complexity index is 868. The number of amides is 1. The number of esters is 1. The molecule has 0 saturated heterocycles. The van der Waals surface area contributed by atoms with Crippen LogP contribution in [0, 0.1) is 11.3 Å². The van der Waals surface area contributed by atoms with Crippen molar-refractivity contribution in [3.05, 3.63) is 58.1 Å². The number of hydrogen-bond donors (Lipinski definition) is 1. The van der Waals surface area contributed by atoms with E-state index in [1.54, 1.807) is 42.5 Å². The highest BCUT2D eigenvalue weighted by molar-refractivity contribution is 8.00. The minimum atomic E-state index is -1.01. The number of halogens is 2. The molecule has 0 aliphatic rings. The fraction of sp³-hybridized carbons (Fsp3) is 0.167. The first-order valence-electron chi connectivity index (χ1n) is 7.48. The summed E-state index contributed by atoms with van der Waals surface area (Å²) in [6.45, 7) is 1.46. The Balaban J connectivity index is 1.89. The molecule has 134 valence electrons. The smallest absolute Gasteiger partial charge is 0.317 e. The number of nitrogens with zero attached hydrogens (tertiary/aromatic N) is 1. The molecule has 0 radical (unpaired) electrons. The largest absolute Gasteiger partial charge is 0.452 e. The lowest BCUT2D eigenvalue weighted by Crippen LogP contribution is -2.30. The van der Waals surface area contributed by atoms with Crippen molar-refractivity contribution in [3.63, 3.8) is 0 Å². The van der Waals surface area contributed by atoms with Gasteiger partial charge in [-0.1, -0.05) is 35.3 Å². The van der Waals surface area contributed by atoms with E-state index in [4.69, 9.17) is 33.2 Å². The van der Waals surface area contributed by atoms with Crippen LogP contribution in [0.1, 0.15) is 12.5 Å². The van der Waals surface area contributed by atoms with Crippen LogP contribution in [-0.4, -0.2) is 23.7 Å². The molecule has 1 atom stereocenters. The number of anilines is 1. The van der Waals surface area contributed by atoms with Crippen molar-refractivity contribution in [1.29, 1.82) is 5.26 Å². The second-order valence-electron chi connectivity index (χ2n) is 5.14. The molecule has 0 unspecified atom stereocenters. The lowest BCUT2D eigenvalue weighted by atomic mass is 10.2. The van der Waals surface area contributed by atoms with Crippen LogP contribution in [0.3, 0.4) is 0 Å². The third-order valence-corrected chi connectivity index (χ3v) is 4.93. The lowest BCUT2D eigenvalue weighted by molar-refractivity contribution is -0.150. The Labute approximate surface area is 165 Å². The molecule has 1 amide bonds. The van der Waals surface area contributed by atoms with Crippen molar-refractivity contribution in [2.45, 2.75) is 17.9 Å². The third-order valence-electron chi connectivity index (χ3n) is 3.22. The van der Waals surface area contributed by atoms with Crippen LogP contribution in [0.4, 0.5) is 5.69 Å². The second-order valence-corrected chi connectivity index (χ2v) is 7.00. The first kappa shape index (κ1) is 20.1. The maximum absolute atomic E-state index is 12.1. The second kappa shape index (κ2) is 9.48. The van der Waals surface area contributed by atoms with Gasteiger partial charge in [-0.2, -0.15) is 5.26 Å². The molecule has 0 heterocycles. The SMILES string of the molecule is C[C@@H](OC(=O)CSc1cc(Cl)ccc1Cl)C(=O)Nc1ccccc1C#N. The number of benzene rings is 2. The van der Waals surface area contributed by atoms with Gasteiger partial charge in [0.2, 0.25) is 0 Å². The van der Waals surface area contributed by atoms with Crippen molar-refractivity contribution >= 4 is 52.5 Å². The Morgan fingerprint density at radius 1 is 1.27 bits per heavy atom. The number of carbonyl (C=O) groups is 2. The predicted octanol–water partition coefficient (Wildman–Crippen LogP) is 4.53. The molecule has 2 aromatic carbocycles. The van der Waals surface area contributed by atoms with Gasteiger partial charge in [0.25, 0.3) is 5.91 Å². The molecule has 2 aromatic rings. The summed E-state index contributed by atoms with van der Waals surface area (Å²) in [7, 11) is 0. The minimum Gasteiger partial charge on any atom is -0.452 e. The molecule has 0 bridgehead atoms. The number of nitriles is 1. The zero-order valence-electron chi connectivity index (χ0n) is 13.7. The normalized spacial score (nSPS) is 11.3. The number of ether oxygens (including phenoxy) is 1. The molecule has 0 fully saturated rings. The Morgan fingerprint density at radius 2 is 2.00 bits per heavy atom. The Hall–Kier alpha value is -2.20. The maximum atomic E-state index is 12.1. The average Bonchev–Trinajstić information content (AvgIpc) is 2.62. The van der Waals surface area contributed by atoms with Crippen LogP contribution in [0.5, 0.6) is 0 Å². The number of nitrogens with one attached hydrogen (secondary N) is 1. The van der Waals surface area contributed by atoms with E-state index in [1.807, 2.05) is 6.07 Å². The molecule has 0 aliphatic carbocycles. The van der Waals surface area contributed by atoms with Crippen molar-refractivity contribution in [2.75, 3.05) is 11.1 Å². The molecule has 5 nitrogen and oxygen atoms in total. The third kappa shape index (κ3) is 5.67. The summed E-state index contributed by atoms with van der Waals surface area (Å²) in [6, 6.07) is 13.5. The summed E-state index contributed by atoms with van der Waals surface area (Å²) in [5.74, 6) is -1.11. The van der Waals surface area contributed by atoms with Crippen molar-refractivity contribution in [2.24, 2.45) is 0 Å². The number of carbonyl (C=O) groups excluding carboxylic acids is 2. The molecule has 26 heavy (non-hydrogen) atoms. The van der Waals surface area contributed by atoms with Gasteiger partial charge in [-0.15, -0.1) is 11.8 Å². The molecular formula is C18H14Cl2N2O3S. The van der Waals surface area contributed by atoms with Crippen LogP contribution in [0.2, 0.25) is 10.0 Å². The first-order valence-corrected chi connectivity index (χ1v) is 9.22. The van der Waals surface area contributed by atoms with Crippen LogP contribution in [0.15, 0.2) is 47.4 Å². The van der Waals surface area contributed by atoms with E-state index in [-0.39, 0.29) is 5.75 Å². The molecule has 0 aliphatic heterocycles. The van der Waals surface area contributed by atoms with Crippen LogP contribution in [-0.2, 0) is 14.3 Å². The molecule has 2 rings (SSSR count). The first-order chi connectivity index (χ1) is 12.4. The van der Waals surface area contributed by atoms with Gasteiger partial charge in [0.05, 0.1) is 22.0 Å². The summed E-state index contributed by atoms with van der Waals surface area (Å²) in [6.07, 6.45) is -1.01. The highest BCUT2D eigenvalue weighted by atomic mass is 35.5. The number of thioether (sulfide) groups is 1. The summed E-state index contributed by atoms with van der Waals surface area (Å²) in [5, 5.41) is 12.6. The van der Waals surface area contributed by atoms with Gasteiger partial charge in [0.1, 0.15) is 6.07 Å². The summed E-state index contributed by atoms with van der Waals surface area (Å²) < 4.78 is 5.12. The van der Waals surface area contributed by atoms with Crippen LogP contribution >= 0.6 is 35.0 Å². The zero-order chi connectivity index (χ0) is 19.1. The highest BCUT2D eigenvalue weighted by Gasteiger charge is 2.19. The zero-order valence-corrected chi connectivity index (χ0v) is 16.0.